The van der Waals surface area contributed by atoms with Gasteiger partial charge in [-0.05, 0) is 70.5 Å². The van der Waals surface area contributed by atoms with Crippen LogP contribution in [0.3, 0.4) is 0 Å². The maximum absolute atomic E-state index is 13.3. The van der Waals surface area contributed by atoms with Crippen LogP contribution in [0, 0.1) is 0 Å². The van der Waals surface area contributed by atoms with Gasteiger partial charge in [-0.1, -0.05) is 59.7 Å². The Kier molecular flexibility index (Phi) is 7.87. The predicted molar refractivity (Wildman–Crippen MR) is 158 cm³/mol. The molecular weight excluding hydrogens is 486 g/mol. The lowest BCUT2D eigenvalue weighted by Crippen LogP contribution is -2.39. The molecule has 6 heteroatoms. The number of piperidine rings is 1. The molecule has 2 heterocycles. The quantitative estimate of drug-likeness (QED) is 0.436. The van der Waals surface area contributed by atoms with Gasteiger partial charge < -0.3 is 14.8 Å². The molecule has 1 saturated heterocycles. The fourth-order valence-electron chi connectivity index (χ4n) is 5.01. The highest BCUT2D eigenvalue weighted by Gasteiger charge is 2.26. The summed E-state index contributed by atoms with van der Waals surface area (Å²) in [5, 5.41) is 3.08. The summed E-state index contributed by atoms with van der Waals surface area (Å²) in [6.45, 7) is 14.3. The first kappa shape index (κ1) is 28.3. The first-order valence-electron chi connectivity index (χ1n) is 13.8. The molecule has 1 fully saturated rings. The zero-order valence-corrected chi connectivity index (χ0v) is 24.3. The average molecular weight is 528 g/mol. The first-order chi connectivity index (χ1) is 18.2. The van der Waals surface area contributed by atoms with E-state index in [-0.39, 0.29) is 28.1 Å². The molecule has 0 bridgehead atoms. The van der Waals surface area contributed by atoms with Crippen LogP contribution in [0.1, 0.15) is 97.8 Å². The maximum atomic E-state index is 13.3. The van der Waals surface area contributed by atoms with Gasteiger partial charge in [0.1, 0.15) is 5.69 Å². The summed E-state index contributed by atoms with van der Waals surface area (Å²) in [6.07, 6.45) is 3.34. The maximum Gasteiger partial charge on any atom is 0.270 e. The van der Waals surface area contributed by atoms with Crippen LogP contribution in [0.25, 0.3) is 0 Å². The Balaban J connectivity index is 1.41. The number of nitrogens with one attached hydrogen (secondary N) is 1. The van der Waals surface area contributed by atoms with Gasteiger partial charge in [-0.3, -0.25) is 14.4 Å². The van der Waals surface area contributed by atoms with Gasteiger partial charge in [0.05, 0.1) is 0 Å². The van der Waals surface area contributed by atoms with Crippen molar-refractivity contribution in [2.24, 2.45) is 7.05 Å². The van der Waals surface area contributed by atoms with Crippen molar-refractivity contribution in [1.29, 1.82) is 0 Å². The van der Waals surface area contributed by atoms with Gasteiger partial charge in [-0.2, -0.15) is 0 Å². The van der Waals surface area contributed by atoms with Gasteiger partial charge in [0.25, 0.3) is 11.8 Å². The second-order valence-electron chi connectivity index (χ2n) is 12.8. The molecule has 4 rings (SSSR count). The van der Waals surface area contributed by atoms with E-state index in [9.17, 15) is 14.4 Å². The van der Waals surface area contributed by atoms with Gasteiger partial charge >= 0.3 is 0 Å². The fraction of sp³-hybridized carbons (Fsp3) is 0.424. The van der Waals surface area contributed by atoms with Crippen LogP contribution in [0.5, 0.6) is 0 Å². The van der Waals surface area contributed by atoms with E-state index >= 15 is 0 Å². The zero-order valence-electron chi connectivity index (χ0n) is 24.3. The Morgan fingerprint density at radius 3 is 1.92 bits per heavy atom. The van der Waals surface area contributed by atoms with Crippen LogP contribution in [0.2, 0.25) is 0 Å². The highest BCUT2D eigenvalue weighted by Crippen LogP contribution is 2.32. The van der Waals surface area contributed by atoms with Crippen LogP contribution >= 0.6 is 0 Å². The van der Waals surface area contributed by atoms with E-state index in [0.717, 1.165) is 29.7 Å². The molecule has 0 atom stereocenters. The van der Waals surface area contributed by atoms with E-state index < -0.39 is 0 Å². The minimum atomic E-state index is -0.157. The van der Waals surface area contributed by atoms with Crippen molar-refractivity contribution in [1.82, 2.24) is 9.47 Å². The number of aromatic nitrogens is 1. The third kappa shape index (κ3) is 6.67. The van der Waals surface area contributed by atoms with E-state index in [0.29, 0.717) is 30.3 Å². The minimum Gasteiger partial charge on any atom is -0.346 e. The van der Waals surface area contributed by atoms with Gasteiger partial charge in [-0.25, -0.2) is 0 Å². The number of hydrogen-bond acceptors (Lipinski definition) is 3. The Labute approximate surface area is 232 Å². The van der Waals surface area contributed by atoms with E-state index in [1.54, 1.807) is 17.8 Å². The molecule has 1 aliphatic rings. The lowest BCUT2D eigenvalue weighted by molar-refractivity contribution is 0.0702. The Hall–Kier alpha value is -3.67. The lowest BCUT2D eigenvalue weighted by atomic mass is 9.79. The molecular formula is C33H41N3O3. The highest BCUT2D eigenvalue weighted by atomic mass is 16.2. The zero-order chi connectivity index (χ0) is 28.5. The normalized spacial score (nSPS) is 14.8. The second kappa shape index (κ2) is 10.8. The molecule has 0 spiro atoms. The van der Waals surface area contributed by atoms with Crippen molar-refractivity contribution in [2.45, 2.75) is 71.1 Å². The number of anilines is 1. The van der Waals surface area contributed by atoms with Crippen LogP contribution < -0.4 is 10.7 Å². The molecule has 2 aromatic carbocycles. The number of carbonyl (C=O) groups excluding carboxylic acids is 2. The standard InChI is InChI=1S/C33H41N3O3/c1-32(2,3)25-18-24(19-26(20-25)33(4,5)6)30(38)34-27-10-8-22(9-11-27)23-12-16-36(17-13-23)31(39)29-21-28(37)14-15-35(29)7/h8-11,14-15,18-21,23H,12-13,16-17H2,1-7H3,(H,34,38). The molecule has 1 aliphatic heterocycles. The molecule has 3 aromatic rings. The Morgan fingerprint density at radius 2 is 1.38 bits per heavy atom. The minimum absolute atomic E-state index is 0.0597. The highest BCUT2D eigenvalue weighted by molar-refractivity contribution is 6.04. The number of aryl methyl sites for hydroxylation is 1. The molecule has 0 saturated carbocycles. The Morgan fingerprint density at radius 1 is 0.821 bits per heavy atom. The number of rotatable bonds is 4. The molecule has 206 valence electrons. The smallest absolute Gasteiger partial charge is 0.270 e. The van der Waals surface area contributed by atoms with Crippen molar-refractivity contribution in [3.8, 4) is 0 Å². The number of nitrogens with zero attached hydrogens (tertiary/aromatic N) is 2. The average Bonchev–Trinajstić information content (AvgIpc) is 2.89. The van der Waals surface area contributed by atoms with E-state index in [1.165, 1.54) is 17.7 Å². The monoisotopic (exact) mass is 527 g/mol. The number of likely N-dealkylation sites (tertiary alicyclic amines) is 1. The molecule has 1 aromatic heterocycles. The van der Waals surface area contributed by atoms with Crippen molar-refractivity contribution in [3.63, 3.8) is 0 Å². The van der Waals surface area contributed by atoms with Gasteiger partial charge in [0.15, 0.2) is 5.43 Å². The summed E-state index contributed by atoms with van der Waals surface area (Å²) in [5.74, 6) is 0.134. The van der Waals surface area contributed by atoms with Crippen LogP contribution in [-0.2, 0) is 17.9 Å². The van der Waals surface area contributed by atoms with Crippen LogP contribution in [-0.4, -0.2) is 34.4 Å². The third-order valence-electron chi connectivity index (χ3n) is 7.69. The van der Waals surface area contributed by atoms with E-state index in [2.05, 4.69) is 65.1 Å². The van der Waals surface area contributed by atoms with Crippen molar-refractivity contribution < 1.29 is 9.59 Å². The molecule has 0 radical (unpaired) electrons. The van der Waals surface area contributed by atoms with Crippen molar-refractivity contribution >= 4 is 17.5 Å². The summed E-state index contributed by atoms with van der Waals surface area (Å²) in [5.41, 5.74) is 5.08. The van der Waals surface area contributed by atoms with Gasteiger partial charge in [0, 0.05) is 49.7 Å². The molecule has 39 heavy (non-hydrogen) atoms. The van der Waals surface area contributed by atoms with Crippen LogP contribution in [0.4, 0.5) is 5.69 Å². The number of amides is 2. The summed E-state index contributed by atoms with van der Waals surface area (Å²) in [7, 11) is 1.78. The predicted octanol–water partition coefficient (Wildman–Crippen LogP) is 6.25. The fourth-order valence-corrected chi connectivity index (χ4v) is 5.01. The Bertz CT molecular complexity index is 1380. The van der Waals surface area contributed by atoms with E-state index in [1.807, 2.05) is 29.2 Å². The van der Waals surface area contributed by atoms with Crippen LogP contribution in [0.15, 0.2) is 65.6 Å². The van der Waals surface area contributed by atoms with Gasteiger partial charge in [-0.15, -0.1) is 0 Å². The third-order valence-corrected chi connectivity index (χ3v) is 7.69. The SMILES string of the molecule is Cn1ccc(=O)cc1C(=O)N1CCC(c2ccc(NC(=O)c3cc(C(C)(C)C)cc(C(C)(C)C)c3)cc2)CC1. The number of hydrogen-bond donors (Lipinski definition) is 1. The van der Waals surface area contributed by atoms with Crippen molar-refractivity contribution in [2.75, 3.05) is 18.4 Å². The largest absolute Gasteiger partial charge is 0.346 e. The number of pyridine rings is 1. The molecule has 1 N–H and O–H groups in total. The lowest BCUT2D eigenvalue weighted by Gasteiger charge is -2.32. The number of benzene rings is 2. The van der Waals surface area contributed by atoms with Gasteiger partial charge in [0.2, 0.25) is 0 Å². The molecule has 6 nitrogen and oxygen atoms in total. The topological polar surface area (TPSA) is 71.4 Å². The first-order valence-corrected chi connectivity index (χ1v) is 13.8. The molecule has 2 amide bonds. The second-order valence-corrected chi connectivity index (χ2v) is 12.8. The summed E-state index contributed by atoms with van der Waals surface area (Å²) in [6, 6.07) is 17.2. The van der Waals surface area contributed by atoms with E-state index in [4.69, 9.17) is 0 Å². The number of carbonyl (C=O) groups is 2. The summed E-state index contributed by atoms with van der Waals surface area (Å²) >= 11 is 0. The van der Waals surface area contributed by atoms with Crippen molar-refractivity contribution in [3.05, 3.63) is 99.0 Å². The summed E-state index contributed by atoms with van der Waals surface area (Å²) in [4.78, 5) is 39.8. The molecule has 0 aliphatic carbocycles. The summed E-state index contributed by atoms with van der Waals surface area (Å²) < 4.78 is 1.70. The molecule has 0 unspecified atom stereocenters.